The molecule has 1 N–H and O–H groups in total. The molecule has 0 saturated heterocycles. The van der Waals surface area contributed by atoms with Crippen molar-refractivity contribution in [1.29, 1.82) is 0 Å². The van der Waals surface area contributed by atoms with Crippen molar-refractivity contribution in [2.24, 2.45) is 0 Å². The van der Waals surface area contributed by atoms with Gasteiger partial charge in [-0.3, -0.25) is 0 Å². The van der Waals surface area contributed by atoms with Gasteiger partial charge in [0.25, 0.3) is 0 Å². The van der Waals surface area contributed by atoms with Crippen LogP contribution in [0.4, 0.5) is 4.39 Å². The zero-order valence-corrected chi connectivity index (χ0v) is 9.64. The van der Waals surface area contributed by atoms with Gasteiger partial charge in [0.1, 0.15) is 0 Å². The summed E-state index contributed by atoms with van der Waals surface area (Å²) in [6.45, 7) is 0.632. The Balaban J connectivity index is 2.42. The number of halogens is 1. The molecule has 0 saturated carbocycles. The van der Waals surface area contributed by atoms with Gasteiger partial charge in [-0.15, -0.1) is 5.10 Å². The molecule has 0 spiro atoms. The molecule has 1 heterocycles. The van der Waals surface area contributed by atoms with Crippen LogP contribution in [-0.4, -0.2) is 29.2 Å². The molecule has 0 amide bonds. The fraction of sp³-hybridized carbons (Fsp3) is 0.273. The van der Waals surface area contributed by atoms with Crippen LogP contribution >= 0.6 is 0 Å². The Morgan fingerprint density at radius 3 is 3.00 bits per heavy atom. The lowest BCUT2D eigenvalue weighted by atomic mass is 10.3. The highest BCUT2D eigenvalue weighted by Crippen LogP contribution is 2.21. The van der Waals surface area contributed by atoms with E-state index in [0.717, 1.165) is 5.69 Å². The highest BCUT2D eigenvalue weighted by atomic mass is 19.1. The van der Waals surface area contributed by atoms with Gasteiger partial charge >= 0.3 is 0 Å². The maximum Gasteiger partial charge on any atom is 0.165 e. The second-order valence-electron chi connectivity index (χ2n) is 3.49. The van der Waals surface area contributed by atoms with Crippen molar-refractivity contribution in [2.45, 2.75) is 6.54 Å². The molecule has 1 aromatic carbocycles. The van der Waals surface area contributed by atoms with Gasteiger partial charge in [0.2, 0.25) is 0 Å². The van der Waals surface area contributed by atoms with Crippen molar-refractivity contribution < 1.29 is 9.13 Å². The summed E-state index contributed by atoms with van der Waals surface area (Å²) in [5, 5.41) is 10.8. The second kappa shape index (κ2) is 4.92. The molecule has 0 unspecified atom stereocenters. The molecular formula is C11H13FN4O. The van der Waals surface area contributed by atoms with Gasteiger partial charge in [0.15, 0.2) is 11.6 Å². The van der Waals surface area contributed by atoms with Crippen molar-refractivity contribution in [3.05, 3.63) is 35.9 Å². The highest BCUT2D eigenvalue weighted by Gasteiger charge is 2.09. The summed E-state index contributed by atoms with van der Waals surface area (Å²) in [7, 11) is 3.26. The van der Waals surface area contributed by atoms with Crippen LogP contribution in [0.1, 0.15) is 5.69 Å². The maximum absolute atomic E-state index is 13.3. The van der Waals surface area contributed by atoms with Crippen LogP contribution in [0.3, 0.4) is 0 Å². The van der Waals surface area contributed by atoms with E-state index < -0.39 is 5.82 Å². The van der Waals surface area contributed by atoms with E-state index in [2.05, 4.69) is 15.6 Å². The quantitative estimate of drug-likeness (QED) is 0.864. The minimum Gasteiger partial charge on any atom is -0.494 e. The minimum absolute atomic E-state index is 0.188. The monoisotopic (exact) mass is 236 g/mol. The van der Waals surface area contributed by atoms with E-state index in [4.69, 9.17) is 4.74 Å². The summed E-state index contributed by atoms with van der Waals surface area (Å²) in [4.78, 5) is 0. The van der Waals surface area contributed by atoms with E-state index in [1.165, 1.54) is 13.2 Å². The molecule has 90 valence electrons. The summed E-state index contributed by atoms with van der Waals surface area (Å²) in [5.74, 6) is -0.208. The lowest BCUT2D eigenvalue weighted by molar-refractivity contribution is 0.386. The van der Waals surface area contributed by atoms with Crippen LogP contribution in [0, 0.1) is 5.82 Å². The zero-order chi connectivity index (χ0) is 12.3. The summed E-state index contributed by atoms with van der Waals surface area (Å²) in [5.41, 5.74) is 1.60. The molecule has 0 radical (unpaired) electrons. The number of hydrogen-bond acceptors (Lipinski definition) is 4. The third kappa shape index (κ3) is 2.26. The van der Waals surface area contributed by atoms with Crippen molar-refractivity contribution >= 4 is 0 Å². The van der Waals surface area contributed by atoms with E-state index >= 15 is 0 Å². The number of hydrogen-bond donors (Lipinski definition) is 1. The molecule has 0 aliphatic carbocycles. The van der Waals surface area contributed by atoms with Gasteiger partial charge in [-0.05, 0) is 19.2 Å². The first kappa shape index (κ1) is 11.5. The summed E-state index contributed by atoms with van der Waals surface area (Å²) in [6.07, 6.45) is 1.66. The SMILES string of the molecule is CNCc1cnnn1-c1ccc(F)c(OC)c1. The lowest BCUT2D eigenvalue weighted by Crippen LogP contribution is -2.11. The molecule has 0 aliphatic heterocycles. The van der Waals surface area contributed by atoms with Gasteiger partial charge in [-0.25, -0.2) is 9.07 Å². The Morgan fingerprint density at radius 1 is 1.47 bits per heavy atom. The van der Waals surface area contributed by atoms with Crippen LogP contribution < -0.4 is 10.1 Å². The van der Waals surface area contributed by atoms with Gasteiger partial charge in [0.05, 0.1) is 24.7 Å². The van der Waals surface area contributed by atoms with E-state index in [0.29, 0.717) is 12.2 Å². The molecule has 17 heavy (non-hydrogen) atoms. The van der Waals surface area contributed by atoms with Crippen LogP contribution in [0.5, 0.6) is 5.75 Å². The average molecular weight is 236 g/mol. The maximum atomic E-state index is 13.3. The van der Waals surface area contributed by atoms with Gasteiger partial charge in [-0.1, -0.05) is 5.21 Å². The minimum atomic E-state index is -0.397. The first-order chi connectivity index (χ1) is 8.26. The number of methoxy groups -OCH3 is 1. The predicted octanol–water partition coefficient (Wildman–Crippen LogP) is 1.13. The second-order valence-corrected chi connectivity index (χ2v) is 3.49. The van der Waals surface area contributed by atoms with Gasteiger partial charge in [0, 0.05) is 12.6 Å². The normalized spacial score (nSPS) is 10.5. The molecule has 0 aliphatic rings. The number of aromatic nitrogens is 3. The van der Waals surface area contributed by atoms with E-state index in [-0.39, 0.29) is 5.75 Å². The lowest BCUT2D eigenvalue weighted by Gasteiger charge is -2.08. The van der Waals surface area contributed by atoms with E-state index in [1.54, 1.807) is 23.0 Å². The molecule has 5 nitrogen and oxygen atoms in total. The summed E-state index contributed by atoms with van der Waals surface area (Å²) >= 11 is 0. The third-order valence-corrected chi connectivity index (χ3v) is 2.36. The summed E-state index contributed by atoms with van der Waals surface area (Å²) in [6, 6.07) is 4.56. The van der Waals surface area contributed by atoms with Crippen LogP contribution in [0.25, 0.3) is 5.69 Å². The van der Waals surface area contributed by atoms with Gasteiger partial charge < -0.3 is 10.1 Å². The smallest absolute Gasteiger partial charge is 0.165 e. The first-order valence-corrected chi connectivity index (χ1v) is 5.14. The van der Waals surface area contributed by atoms with Crippen LogP contribution in [0.2, 0.25) is 0 Å². The molecule has 0 atom stereocenters. The molecule has 6 heteroatoms. The van der Waals surface area contributed by atoms with Crippen molar-refractivity contribution in [3.63, 3.8) is 0 Å². The number of rotatable bonds is 4. The largest absolute Gasteiger partial charge is 0.494 e. The third-order valence-electron chi connectivity index (χ3n) is 2.36. The molecule has 0 bridgehead atoms. The fourth-order valence-corrected chi connectivity index (χ4v) is 1.56. The Hall–Kier alpha value is -1.95. The number of benzene rings is 1. The zero-order valence-electron chi connectivity index (χ0n) is 9.64. The molecule has 2 rings (SSSR count). The standard InChI is InChI=1S/C11H13FN4O/c1-13-6-9-7-14-15-16(9)8-3-4-10(12)11(5-8)17-2/h3-5,7,13H,6H2,1-2H3. The number of nitrogens with zero attached hydrogens (tertiary/aromatic N) is 3. The fourth-order valence-electron chi connectivity index (χ4n) is 1.56. The Kier molecular flexibility index (Phi) is 3.34. The first-order valence-electron chi connectivity index (χ1n) is 5.14. The van der Waals surface area contributed by atoms with Crippen molar-refractivity contribution in [3.8, 4) is 11.4 Å². The highest BCUT2D eigenvalue weighted by molar-refractivity contribution is 5.40. The Bertz CT molecular complexity index is 512. The Morgan fingerprint density at radius 2 is 2.29 bits per heavy atom. The predicted molar refractivity (Wildman–Crippen MR) is 60.6 cm³/mol. The number of ether oxygens (including phenoxy) is 1. The van der Waals surface area contributed by atoms with Crippen LogP contribution in [-0.2, 0) is 6.54 Å². The van der Waals surface area contributed by atoms with Crippen molar-refractivity contribution in [2.75, 3.05) is 14.2 Å². The molecule has 2 aromatic rings. The van der Waals surface area contributed by atoms with Gasteiger partial charge in [-0.2, -0.15) is 0 Å². The average Bonchev–Trinajstić information content (AvgIpc) is 2.78. The molecular weight excluding hydrogens is 223 g/mol. The Labute approximate surface area is 98.2 Å². The molecule has 0 fully saturated rings. The van der Waals surface area contributed by atoms with Crippen molar-refractivity contribution in [1.82, 2.24) is 20.3 Å². The number of nitrogens with one attached hydrogen (secondary N) is 1. The van der Waals surface area contributed by atoms with E-state index in [9.17, 15) is 4.39 Å². The van der Waals surface area contributed by atoms with E-state index in [1.807, 2.05) is 7.05 Å². The molecule has 1 aromatic heterocycles. The summed E-state index contributed by atoms with van der Waals surface area (Å²) < 4.78 is 19.8. The topological polar surface area (TPSA) is 52.0 Å². The van der Waals surface area contributed by atoms with Crippen LogP contribution in [0.15, 0.2) is 24.4 Å².